The van der Waals surface area contributed by atoms with Gasteiger partial charge in [-0.15, -0.1) is 0 Å². The lowest BCUT2D eigenvalue weighted by atomic mass is 9.82. The molecular weight excluding hydrogens is 1460 g/mol. The number of carbonyl (C=O) groups is 3. The number of halogens is 9. The highest BCUT2D eigenvalue weighted by atomic mass is 32.2. The molecule has 0 aliphatic carbocycles. The minimum Gasteiger partial charge on any atom is -0.486 e. The van der Waals surface area contributed by atoms with Crippen molar-refractivity contribution in [3.8, 4) is 11.5 Å². The van der Waals surface area contributed by atoms with Crippen LogP contribution in [-0.2, 0) is 70.1 Å². The van der Waals surface area contributed by atoms with Gasteiger partial charge in [-0.2, -0.15) is 0 Å². The summed E-state index contributed by atoms with van der Waals surface area (Å²) in [4.78, 5) is 44.2. The second-order valence-electron chi connectivity index (χ2n) is 28.6. The molecule has 7 aliphatic rings. The Morgan fingerprint density at radius 3 is 1.13 bits per heavy atom. The quantitative estimate of drug-likeness (QED) is 0.0259. The van der Waals surface area contributed by atoms with Crippen molar-refractivity contribution in [3.63, 3.8) is 0 Å². The number of aryl methyl sites for hydroxylation is 2. The minimum atomic E-state index is -3.96. The van der Waals surface area contributed by atoms with Gasteiger partial charge in [0, 0.05) is 78.6 Å². The highest BCUT2D eigenvalue weighted by molar-refractivity contribution is 7.90. The number of piperidine rings is 3. The molecule has 0 spiro atoms. The van der Waals surface area contributed by atoms with Gasteiger partial charge in [-0.1, -0.05) is 48.0 Å². The Morgan fingerprint density at radius 2 is 0.755 bits per heavy atom. The average molecular weight is 1540 g/mol. The zero-order chi connectivity index (χ0) is 76.1. The smallest absolute Gasteiger partial charge is 0.241 e. The lowest BCUT2D eigenvalue weighted by Gasteiger charge is -2.41. The maximum absolute atomic E-state index is 14.1. The summed E-state index contributed by atoms with van der Waals surface area (Å²) in [5, 5.41) is 0. The third-order valence-electron chi connectivity index (χ3n) is 21.6. The van der Waals surface area contributed by atoms with Crippen LogP contribution in [-0.4, -0.2) is 151 Å². The summed E-state index contributed by atoms with van der Waals surface area (Å²) in [5.74, 6) is -9.80. The summed E-state index contributed by atoms with van der Waals surface area (Å²) in [7, 11) is -11.4. The normalized spacial score (nSPS) is 23.3. The Bertz CT molecular complexity index is 4500. The molecule has 0 radical (unpaired) electrons. The molecule has 6 saturated heterocycles. The van der Waals surface area contributed by atoms with E-state index in [1.54, 1.807) is 26.8 Å². The molecule has 7 heterocycles. The Morgan fingerprint density at radius 1 is 0.425 bits per heavy atom. The SMILES string of the molecule is Cc1ccc(S(=O)(=O)NCC(=O)N2[C@@H]3CC[C@H]2CC([C@H](N)Cc2cc(F)c(F)cc2F)C3)cc1.N[C@H](Cc1cc(F)c(F)cc1F)C1C[C@H]2CC[C@@H](C1)N2C(=O)CNS(=O)(=O)CCc1ccccc1.N[C@H](Cc1cc(F)c(F)cc1F)C1C[C@H]2CC[C@@H](C1)N2C(=O)CNS(=O)(=O)c1ccc2c(c1)OCCO2. The molecule has 3 unspecified atom stereocenters. The Kier molecular flexibility index (Phi) is 25.3. The summed E-state index contributed by atoms with van der Waals surface area (Å²) >= 11 is 0. The zero-order valence-electron chi connectivity index (χ0n) is 58.1. The summed E-state index contributed by atoms with van der Waals surface area (Å²) in [6, 6.07) is 22.1. The second kappa shape index (κ2) is 33.8. The standard InChI is InChI=1S/C25H28F3N3O5S.C25H30F3N3O3S.C24H28F3N3O3S/c26-19-12-21(28)20(27)9-14(19)10-22(29)15-7-16-1-2-17(8-15)31(16)25(32)13-30-37(33,34)18-3-4-23-24(11-18)36-6-5-35-23;26-21-14-23(28)22(27)12-17(21)13-24(29)18-10-19-6-7-20(11-18)31(19)25(32)15-30-35(33,34)9-8-16-4-2-1-3-5-16;1-14-2-6-19(7-3-14)34(32,33)29-13-24(31)30-17-4-5-18(30)9-16(8-17)23(28)11-15-10-21(26)22(27)12-20(15)25/h3-4,9,11-12,15-17,22,30H,1-2,5-8,10,13,29H2;1-5,12,14,18-20,24,30H,6-11,13,15,29H2;2-3,6-7,10,12,16-18,23,29H,4-5,8-9,11,13,28H2,1H3/t15?,16-,17+,22-;18?,19-,20+,24-;16?,17-,18+,23-/m111/s1. The van der Waals surface area contributed by atoms with Crippen molar-refractivity contribution in [2.45, 2.75) is 174 Å². The number of hydrogen-bond donors (Lipinski definition) is 6. The van der Waals surface area contributed by atoms with E-state index in [2.05, 4.69) is 14.2 Å². The highest BCUT2D eigenvalue weighted by Gasteiger charge is 2.48. The fraction of sp³-hybridized carbons (Fsp3) is 0.473. The second-order valence-corrected chi connectivity index (χ2v) is 34.0. The van der Waals surface area contributed by atoms with E-state index in [1.807, 2.05) is 37.3 Å². The van der Waals surface area contributed by atoms with Crippen LogP contribution in [0.25, 0.3) is 0 Å². The number of amides is 3. The molecule has 6 aromatic carbocycles. The van der Waals surface area contributed by atoms with Crippen molar-refractivity contribution >= 4 is 47.8 Å². The molecule has 106 heavy (non-hydrogen) atoms. The molecule has 13 rings (SSSR count). The molecule has 20 nitrogen and oxygen atoms in total. The van der Waals surface area contributed by atoms with E-state index in [9.17, 15) is 79.2 Å². The largest absolute Gasteiger partial charge is 0.486 e. The lowest BCUT2D eigenvalue weighted by Crippen LogP contribution is -2.52. The van der Waals surface area contributed by atoms with Gasteiger partial charge >= 0.3 is 0 Å². The van der Waals surface area contributed by atoms with E-state index in [1.165, 1.54) is 30.3 Å². The third kappa shape index (κ3) is 19.2. The average Bonchev–Trinajstić information content (AvgIpc) is 1.65. The molecule has 6 aromatic rings. The number of ether oxygens (including phenoxy) is 2. The van der Waals surface area contributed by atoms with Gasteiger partial charge in [-0.3, -0.25) is 14.4 Å². The molecule has 6 fully saturated rings. The predicted octanol–water partition coefficient (Wildman–Crippen LogP) is 8.43. The molecule has 9 N–H and O–H groups in total. The van der Waals surface area contributed by atoms with Crippen LogP contribution >= 0.6 is 0 Å². The minimum absolute atomic E-state index is 0.00775. The summed E-state index contributed by atoms with van der Waals surface area (Å²) < 4.78 is 216. The number of fused-ring (bicyclic) bond motifs is 7. The molecule has 0 aromatic heterocycles. The third-order valence-corrected chi connectivity index (χ3v) is 25.7. The van der Waals surface area contributed by atoms with Crippen molar-refractivity contribution in [1.82, 2.24) is 28.9 Å². The van der Waals surface area contributed by atoms with Crippen LogP contribution in [0, 0.1) is 77.0 Å². The van der Waals surface area contributed by atoms with Crippen molar-refractivity contribution in [2.75, 3.05) is 38.6 Å². The molecule has 32 heteroatoms. The first-order valence-electron chi connectivity index (χ1n) is 35.4. The first-order chi connectivity index (χ1) is 50.3. The first kappa shape index (κ1) is 79.4. The van der Waals surface area contributed by atoms with E-state index >= 15 is 0 Å². The molecule has 0 saturated carbocycles. The number of nitrogens with two attached hydrogens (primary N) is 3. The Labute approximate surface area is 610 Å². The fourth-order valence-electron chi connectivity index (χ4n) is 16.2. The van der Waals surface area contributed by atoms with Crippen LogP contribution in [0.1, 0.15) is 105 Å². The van der Waals surface area contributed by atoms with Crippen molar-refractivity contribution in [1.29, 1.82) is 0 Å². The molecule has 574 valence electrons. The Hall–Kier alpha value is -7.69. The van der Waals surface area contributed by atoms with Gasteiger partial charge in [0.1, 0.15) is 30.7 Å². The first-order valence-corrected chi connectivity index (χ1v) is 40.0. The van der Waals surface area contributed by atoms with Gasteiger partial charge in [0.2, 0.25) is 47.8 Å². The van der Waals surface area contributed by atoms with E-state index in [0.29, 0.717) is 87.9 Å². The van der Waals surface area contributed by atoms with Gasteiger partial charge in [0.05, 0.1) is 35.2 Å². The Balaban J connectivity index is 0.000000159. The van der Waals surface area contributed by atoms with E-state index in [-0.39, 0.29) is 143 Å². The number of sulfonamides is 3. The van der Waals surface area contributed by atoms with E-state index in [4.69, 9.17) is 26.7 Å². The number of carbonyl (C=O) groups excluding carboxylic acids is 3. The van der Waals surface area contributed by atoms with Gasteiger partial charge in [-0.05, 0) is 192 Å². The van der Waals surface area contributed by atoms with E-state index < -0.39 is 101 Å². The molecular formula is C74H86F9N9O11S3. The molecule has 7 aliphatic heterocycles. The van der Waals surface area contributed by atoms with Gasteiger partial charge < -0.3 is 41.4 Å². The van der Waals surface area contributed by atoms with Crippen LogP contribution in [0.2, 0.25) is 0 Å². The summed E-state index contributed by atoms with van der Waals surface area (Å²) in [6.45, 7) is 1.55. The van der Waals surface area contributed by atoms with Crippen molar-refractivity contribution in [3.05, 3.63) is 189 Å². The summed E-state index contributed by atoms with van der Waals surface area (Å²) in [5.41, 5.74) is 20.9. The van der Waals surface area contributed by atoms with Crippen LogP contribution in [0.15, 0.2) is 119 Å². The molecule has 3 amide bonds. The van der Waals surface area contributed by atoms with Gasteiger partial charge in [0.25, 0.3) is 0 Å². The fourth-order valence-corrected chi connectivity index (χ4v) is 19.1. The maximum atomic E-state index is 14.1. The van der Waals surface area contributed by atoms with Gasteiger partial charge in [0.15, 0.2) is 46.4 Å². The lowest BCUT2D eigenvalue weighted by molar-refractivity contribution is -0.136. The zero-order valence-corrected chi connectivity index (χ0v) is 60.5. The highest BCUT2D eigenvalue weighted by Crippen LogP contribution is 2.44. The number of nitrogens with zero attached hydrogens (tertiary/aromatic N) is 3. The van der Waals surface area contributed by atoms with Crippen LogP contribution < -0.4 is 40.8 Å². The maximum Gasteiger partial charge on any atom is 0.241 e. The summed E-state index contributed by atoms with van der Waals surface area (Å²) in [6.07, 6.45) is 8.76. The number of hydrogen-bond acceptors (Lipinski definition) is 14. The van der Waals surface area contributed by atoms with Gasteiger partial charge in [-0.25, -0.2) is 78.9 Å². The van der Waals surface area contributed by atoms with Crippen LogP contribution in [0.4, 0.5) is 39.5 Å². The number of rotatable bonds is 23. The number of benzene rings is 6. The van der Waals surface area contributed by atoms with Crippen molar-refractivity contribution in [2.24, 2.45) is 35.0 Å². The van der Waals surface area contributed by atoms with E-state index in [0.717, 1.165) is 67.9 Å². The predicted molar refractivity (Wildman–Crippen MR) is 374 cm³/mol. The topological polar surface area (TPSA) is 296 Å². The number of nitrogens with one attached hydrogen (secondary N) is 3. The molecule has 12 atom stereocenters. The monoisotopic (exact) mass is 1540 g/mol. The van der Waals surface area contributed by atoms with Crippen LogP contribution in [0.3, 0.4) is 0 Å². The van der Waals surface area contributed by atoms with Crippen LogP contribution in [0.5, 0.6) is 11.5 Å². The molecule has 6 bridgehead atoms. The van der Waals surface area contributed by atoms with Crippen molar-refractivity contribution < 1.29 is 88.6 Å².